The number of benzene rings is 1. The number of carboxylic acid groups (broad SMARTS) is 1. The van der Waals surface area contributed by atoms with Crippen molar-refractivity contribution < 1.29 is 9.90 Å². The van der Waals surface area contributed by atoms with Crippen LogP contribution in [0.1, 0.15) is 0 Å². The molecule has 0 unspecified atom stereocenters. The molecule has 0 radical (unpaired) electrons. The third kappa shape index (κ3) is 2.12. The fourth-order valence-corrected chi connectivity index (χ4v) is 2.05. The van der Waals surface area contributed by atoms with Crippen LogP contribution in [0.15, 0.2) is 29.6 Å². The first kappa shape index (κ1) is 10.4. The molecule has 2 rings (SSSR count). The van der Waals surface area contributed by atoms with E-state index in [1.54, 1.807) is 23.6 Å². The van der Waals surface area contributed by atoms with E-state index in [1.165, 1.54) is 11.3 Å². The highest BCUT2D eigenvalue weighted by molar-refractivity contribution is 7.13. The minimum Gasteiger partial charge on any atom is -0.465 e. The number of aromatic nitrogens is 1. The van der Waals surface area contributed by atoms with Crippen LogP contribution in [0, 0.1) is 0 Å². The third-order valence-corrected chi connectivity index (χ3v) is 2.81. The predicted octanol–water partition coefficient (Wildman–Crippen LogP) is 2.48. The Kier molecular flexibility index (Phi) is 2.74. The number of hydrogen-bond acceptors (Lipinski definition) is 4. The minimum absolute atomic E-state index is 0.435. The summed E-state index contributed by atoms with van der Waals surface area (Å²) >= 11 is 1.37. The molecule has 0 spiro atoms. The lowest BCUT2D eigenvalue weighted by Gasteiger charge is -2.05. The van der Waals surface area contributed by atoms with Gasteiger partial charge in [0.15, 0.2) is 0 Å². The fraction of sp³-hybridized carbons (Fsp3) is 0. The van der Waals surface area contributed by atoms with Crippen molar-refractivity contribution in [3.63, 3.8) is 0 Å². The Morgan fingerprint density at radius 1 is 1.44 bits per heavy atom. The van der Waals surface area contributed by atoms with Gasteiger partial charge in [0.1, 0.15) is 10.8 Å². The molecule has 5 nitrogen and oxygen atoms in total. The predicted molar refractivity (Wildman–Crippen MR) is 63.6 cm³/mol. The van der Waals surface area contributed by atoms with Gasteiger partial charge in [-0.25, -0.2) is 9.78 Å². The first-order chi connectivity index (χ1) is 7.66. The molecule has 0 fully saturated rings. The van der Waals surface area contributed by atoms with Gasteiger partial charge in [-0.15, -0.1) is 11.3 Å². The number of hydrogen-bond donors (Lipinski definition) is 3. The van der Waals surface area contributed by atoms with Crippen LogP contribution in [0.2, 0.25) is 0 Å². The highest BCUT2D eigenvalue weighted by Crippen LogP contribution is 2.30. The van der Waals surface area contributed by atoms with E-state index >= 15 is 0 Å². The zero-order chi connectivity index (χ0) is 11.5. The molecular weight excluding hydrogens is 226 g/mol. The SMILES string of the molecule is Nc1csc(-c2ccccc2NC(=O)O)n1. The summed E-state index contributed by atoms with van der Waals surface area (Å²) in [6.07, 6.45) is -1.10. The Labute approximate surface area is 95.6 Å². The second-order valence-corrected chi connectivity index (χ2v) is 3.91. The minimum atomic E-state index is -1.10. The normalized spacial score (nSPS) is 10.0. The van der Waals surface area contributed by atoms with Crippen LogP contribution in [-0.4, -0.2) is 16.2 Å². The summed E-state index contributed by atoms with van der Waals surface area (Å²) < 4.78 is 0. The van der Waals surface area contributed by atoms with Crippen molar-refractivity contribution in [2.75, 3.05) is 11.1 Å². The van der Waals surface area contributed by atoms with E-state index in [9.17, 15) is 4.79 Å². The second kappa shape index (κ2) is 4.19. The number of amides is 1. The number of nitrogens with one attached hydrogen (secondary N) is 1. The number of rotatable bonds is 2. The van der Waals surface area contributed by atoms with E-state index in [-0.39, 0.29) is 0 Å². The molecular formula is C10H9N3O2S. The van der Waals surface area contributed by atoms with Crippen molar-refractivity contribution in [3.8, 4) is 10.6 Å². The molecule has 4 N–H and O–H groups in total. The Morgan fingerprint density at radius 2 is 2.19 bits per heavy atom. The summed E-state index contributed by atoms with van der Waals surface area (Å²) in [4.78, 5) is 14.7. The van der Waals surface area contributed by atoms with Gasteiger partial charge in [0.05, 0.1) is 5.69 Å². The molecule has 6 heteroatoms. The number of nitrogens with two attached hydrogens (primary N) is 1. The van der Waals surface area contributed by atoms with E-state index in [0.29, 0.717) is 16.5 Å². The van der Waals surface area contributed by atoms with Gasteiger partial charge in [0, 0.05) is 10.9 Å². The Bertz CT molecular complexity index is 524. The highest BCUT2D eigenvalue weighted by atomic mass is 32.1. The smallest absolute Gasteiger partial charge is 0.409 e. The average Bonchev–Trinajstić information content (AvgIpc) is 2.65. The molecule has 2 aromatic rings. The quantitative estimate of drug-likeness (QED) is 0.746. The van der Waals surface area contributed by atoms with Crippen molar-refractivity contribution >= 4 is 28.9 Å². The Morgan fingerprint density at radius 3 is 2.81 bits per heavy atom. The van der Waals surface area contributed by atoms with E-state index in [2.05, 4.69) is 10.3 Å². The number of nitrogens with zero attached hydrogens (tertiary/aromatic N) is 1. The van der Waals surface area contributed by atoms with Crippen molar-refractivity contribution in [1.29, 1.82) is 0 Å². The molecule has 82 valence electrons. The first-order valence-electron chi connectivity index (χ1n) is 4.47. The van der Waals surface area contributed by atoms with Crippen molar-refractivity contribution in [2.24, 2.45) is 0 Å². The molecule has 0 atom stereocenters. The van der Waals surface area contributed by atoms with Crippen molar-refractivity contribution in [2.45, 2.75) is 0 Å². The number of nitrogen functional groups attached to an aromatic ring is 1. The Balaban J connectivity index is 2.43. The van der Waals surface area contributed by atoms with E-state index in [4.69, 9.17) is 10.8 Å². The molecule has 0 saturated carbocycles. The summed E-state index contributed by atoms with van der Waals surface area (Å²) in [7, 11) is 0. The van der Waals surface area contributed by atoms with Crippen molar-refractivity contribution in [1.82, 2.24) is 4.98 Å². The fourth-order valence-electron chi connectivity index (χ4n) is 1.30. The molecule has 0 aliphatic rings. The molecule has 1 amide bonds. The zero-order valence-corrected chi connectivity index (χ0v) is 8.99. The largest absolute Gasteiger partial charge is 0.465 e. The molecule has 1 aromatic heterocycles. The number of thiazole rings is 1. The number of carbonyl (C=O) groups is 1. The monoisotopic (exact) mass is 235 g/mol. The zero-order valence-electron chi connectivity index (χ0n) is 8.18. The van der Waals surface area contributed by atoms with Crippen LogP contribution >= 0.6 is 11.3 Å². The van der Waals surface area contributed by atoms with Crippen LogP contribution in [-0.2, 0) is 0 Å². The lowest BCUT2D eigenvalue weighted by atomic mass is 10.2. The van der Waals surface area contributed by atoms with Crippen molar-refractivity contribution in [3.05, 3.63) is 29.6 Å². The van der Waals surface area contributed by atoms with E-state index < -0.39 is 6.09 Å². The molecule has 0 aliphatic carbocycles. The summed E-state index contributed by atoms with van der Waals surface area (Å²) in [5.41, 5.74) is 6.76. The van der Waals surface area contributed by atoms with Gasteiger partial charge in [-0.3, -0.25) is 5.32 Å². The van der Waals surface area contributed by atoms with Crippen LogP contribution in [0.25, 0.3) is 10.6 Å². The molecule has 0 saturated heterocycles. The topological polar surface area (TPSA) is 88.2 Å². The summed E-state index contributed by atoms with van der Waals surface area (Å²) in [5, 5.41) is 13.4. The first-order valence-corrected chi connectivity index (χ1v) is 5.35. The lowest BCUT2D eigenvalue weighted by Crippen LogP contribution is -2.08. The van der Waals surface area contributed by atoms with Crippen LogP contribution in [0.3, 0.4) is 0 Å². The summed E-state index contributed by atoms with van der Waals surface area (Å²) in [6, 6.07) is 7.05. The maximum Gasteiger partial charge on any atom is 0.409 e. The van der Waals surface area contributed by atoms with Gasteiger partial charge in [-0.05, 0) is 12.1 Å². The van der Waals surface area contributed by atoms with Crippen LogP contribution < -0.4 is 11.1 Å². The van der Waals surface area contributed by atoms with Crippen LogP contribution in [0.5, 0.6) is 0 Å². The maximum atomic E-state index is 10.6. The Hall–Kier alpha value is -2.08. The third-order valence-electron chi connectivity index (χ3n) is 1.92. The number of para-hydroxylation sites is 1. The maximum absolute atomic E-state index is 10.6. The van der Waals surface area contributed by atoms with Gasteiger partial charge in [0.25, 0.3) is 0 Å². The van der Waals surface area contributed by atoms with Gasteiger partial charge >= 0.3 is 6.09 Å². The highest BCUT2D eigenvalue weighted by Gasteiger charge is 2.09. The second-order valence-electron chi connectivity index (χ2n) is 3.05. The molecule has 0 bridgehead atoms. The summed E-state index contributed by atoms with van der Waals surface area (Å²) in [6.45, 7) is 0. The van der Waals surface area contributed by atoms with Gasteiger partial charge in [-0.1, -0.05) is 12.1 Å². The number of anilines is 2. The van der Waals surface area contributed by atoms with E-state index in [0.717, 1.165) is 5.56 Å². The average molecular weight is 235 g/mol. The van der Waals surface area contributed by atoms with Crippen LogP contribution in [0.4, 0.5) is 16.3 Å². The molecule has 16 heavy (non-hydrogen) atoms. The molecule has 0 aliphatic heterocycles. The standard InChI is InChI=1S/C10H9N3O2S/c11-8-5-16-9(13-8)6-3-1-2-4-7(6)12-10(14)15/h1-5,12H,11H2,(H,14,15). The molecule has 1 aromatic carbocycles. The van der Waals surface area contributed by atoms with Gasteiger partial charge in [0.2, 0.25) is 0 Å². The van der Waals surface area contributed by atoms with Gasteiger partial charge in [-0.2, -0.15) is 0 Å². The summed E-state index contributed by atoms with van der Waals surface area (Å²) in [5.74, 6) is 0.435. The van der Waals surface area contributed by atoms with E-state index in [1.807, 2.05) is 6.07 Å². The molecule has 1 heterocycles. The van der Waals surface area contributed by atoms with Gasteiger partial charge < -0.3 is 10.8 Å². The lowest BCUT2D eigenvalue weighted by molar-refractivity contribution is 0.210.